The molecule has 71 valence electrons. The van der Waals surface area contributed by atoms with Crippen molar-refractivity contribution in [2.24, 2.45) is 0 Å². The van der Waals surface area contributed by atoms with Crippen LogP contribution < -0.4 is 4.74 Å². The molecule has 1 aromatic carbocycles. The lowest BCUT2D eigenvalue weighted by Crippen LogP contribution is -2.16. The normalized spacial score (nSPS) is 11.4. The number of rotatable bonds is 1. The van der Waals surface area contributed by atoms with Gasteiger partial charge in [0.15, 0.2) is 0 Å². The van der Waals surface area contributed by atoms with Crippen LogP contribution in [0.5, 0.6) is 11.5 Å². The summed E-state index contributed by atoms with van der Waals surface area (Å²) < 4.78 is 38.5. The zero-order valence-electron chi connectivity index (χ0n) is 6.43. The van der Waals surface area contributed by atoms with E-state index in [1.54, 1.807) is 0 Å². The number of alkyl halides is 3. The van der Waals surface area contributed by atoms with Crippen LogP contribution in [0.15, 0.2) is 18.2 Å². The third-order valence-corrected chi connectivity index (χ3v) is 1.29. The lowest BCUT2D eigenvalue weighted by atomic mass is 10.2. The smallest absolute Gasteiger partial charge is 0.508 e. The summed E-state index contributed by atoms with van der Waals surface area (Å²) in [4.78, 5) is 0. The molecule has 0 fully saturated rings. The number of phenolic OH excluding ortho intramolecular Hbond substituents is 1. The Morgan fingerprint density at radius 1 is 1.31 bits per heavy atom. The molecule has 2 nitrogen and oxygen atoms in total. The molecule has 1 radical (unpaired) electrons. The number of aromatic hydroxyl groups is 1. The van der Waals surface area contributed by atoms with Gasteiger partial charge >= 0.3 is 6.36 Å². The van der Waals surface area contributed by atoms with Gasteiger partial charge in [0.25, 0.3) is 0 Å². The van der Waals surface area contributed by atoms with Crippen LogP contribution in [0.25, 0.3) is 0 Å². The third kappa shape index (κ3) is 2.85. The van der Waals surface area contributed by atoms with E-state index in [4.69, 9.17) is 5.11 Å². The molecular formula is C8H6F3O2. The van der Waals surface area contributed by atoms with E-state index < -0.39 is 12.1 Å². The van der Waals surface area contributed by atoms with Crippen LogP contribution in [-0.4, -0.2) is 11.5 Å². The van der Waals surface area contributed by atoms with E-state index in [2.05, 4.69) is 11.7 Å². The minimum atomic E-state index is -4.74. The molecule has 13 heavy (non-hydrogen) atoms. The van der Waals surface area contributed by atoms with Gasteiger partial charge in [0.1, 0.15) is 11.5 Å². The Morgan fingerprint density at radius 3 is 2.38 bits per heavy atom. The maximum Gasteiger partial charge on any atom is 0.573 e. The molecule has 0 atom stereocenters. The number of hydrogen-bond acceptors (Lipinski definition) is 2. The van der Waals surface area contributed by atoms with Crippen molar-refractivity contribution in [1.29, 1.82) is 0 Å². The molecular weight excluding hydrogens is 185 g/mol. The van der Waals surface area contributed by atoms with Gasteiger partial charge in [0, 0.05) is 6.07 Å². The van der Waals surface area contributed by atoms with Gasteiger partial charge in [-0.05, 0) is 18.6 Å². The maximum atomic E-state index is 11.7. The summed E-state index contributed by atoms with van der Waals surface area (Å²) in [5.41, 5.74) is 0.245. The van der Waals surface area contributed by atoms with Crippen molar-refractivity contribution < 1.29 is 23.0 Å². The Morgan fingerprint density at radius 2 is 1.92 bits per heavy atom. The second kappa shape index (κ2) is 3.16. The van der Waals surface area contributed by atoms with Gasteiger partial charge in [-0.1, -0.05) is 6.07 Å². The van der Waals surface area contributed by atoms with Crippen LogP contribution in [0.4, 0.5) is 13.2 Å². The van der Waals surface area contributed by atoms with Crippen molar-refractivity contribution in [3.8, 4) is 11.5 Å². The molecule has 0 aromatic heterocycles. The quantitative estimate of drug-likeness (QED) is 0.738. The van der Waals surface area contributed by atoms with Crippen molar-refractivity contribution in [3.63, 3.8) is 0 Å². The fourth-order valence-electron chi connectivity index (χ4n) is 0.741. The van der Waals surface area contributed by atoms with Crippen LogP contribution in [-0.2, 0) is 0 Å². The number of phenols is 1. The van der Waals surface area contributed by atoms with Gasteiger partial charge in [-0.3, -0.25) is 0 Å². The number of ether oxygens (including phenoxy) is 1. The first-order valence-corrected chi connectivity index (χ1v) is 3.29. The number of hydrogen-bond donors (Lipinski definition) is 1. The highest BCUT2D eigenvalue weighted by molar-refractivity contribution is 5.41. The highest BCUT2D eigenvalue weighted by Gasteiger charge is 2.31. The van der Waals surface area contributed by atoms with Gasteiger partial charge in [-0.15, -0.1) is 13.2 Å². The predicted molar refractivity (Wildman–Crippen MR) is 39.2 cm³/mol. The van der Waals surface area contributed by atoms with Crippen LogP contribution in [0.3, 0.4) is 0 Å². The van der Waals surface area contributed by atoms with E-state index in [1.807, 2.05) is 0 Å². The fraction of sp³-hybridized carbons (Fsp3) is 0.125. The van der Waals surface area contributed by atoms with E-state index in [9.17, 15) is 13.2 Å². The van der Waals surface area contributed by atoms with Gasteiger partial charge in [0.2, 0.25) is 0 Å². The SMILES string of the molecule is [CH2]c1ccc(OC(F)(F)F)cc1O. The molecule has 1 aromatic rings. The first kappa shape index (κ1) is 9.70. The molecule has 5 heteroatoms. The Labute approximate surface area is 72.6 Å². The summed E-state index contributed by atoms with van der Waals surface area (Å²) in [6.07, 6.45) is -4.74. The zero-order chi connectivity index (χ0) is 10.1. The molecule has 0 aliphatic heterocycles. The Balaban J connectivity index is 2.86. The Hall–Kier alpha value is -1.39. The average Bonchev–Trinajstić information content (AvgIpc) is 1.94. The van der Waals surface area contributed by atoms with E-state index >= 15 is 0 Å². The molecule has 0 spiro atoms. The highest BCUT2D eigenvalue weighted by Crippen LogP contribution is 2.27. The first-order chi connectivity index (χ1) is 5.88. The minimum Gasteiger partial charge on any atom is -0.508 e. The van der Waals surface area contributed by atoms with Crippen molar-refractivity contribution in [1.82, 2.24) is 0 Å². The summed E-state index contributed by atoms with van der Waals surface area (Å²) in [6, 6.07) is 3.17. The largest absolute Gasteiger partial charge is 0.573 e. The van der Waals surface area contributed by atoms with Crippen LogP contribution >= 0.6 is 0 Å². The summed E-state index contributed by atoms with van der Waals surface area (Å²) in [5.74, 6) is -0.792. The molecule has 0 heterocycles. The summed E-state index contributed by atoms with van der Waals surface area (Å²) in [6.45, 7) is 3.37. The topological polar surface area (TPSA) is 29.5 Å². The summed E-state index contributed by atoms with van der Waals surface area (Å²) in [7, 11) is 0. The molecule has 1 rings (SSSR count). The lowest BCUT2D eigenvalue weighted by Gasteiger charge is -2.09. The zero-order valence-corrected chi connectivity index (χ0v) is 6.43. The Kier molecular flexibility index (Phi) is 2.36. The van der Waals surface area contributed by atoms with E-state index in [1.165, 1.54) is 6.07 Å². The molecule has 1 N–H and O–H groups in total. The standard InChI is InChI=1S/C8H6F3O2/c1-5-2-3-6(4-7(5)12)13-8(9,10)11/h2-4,12H,1H2. The monoisotopic (exact) mass is 191 g/mol. The Bertz CT molecular complexity index is 307. The molecule has 0 saturated heterocycles. The second-order valence-electron chi connectivity index (χ2n) is 2.34. The molecule has 0 aliphatic rings. The highest BCUT2D eigenvalue weighted by atomic mass is 19.4. The number of benzene rings is 1. The molecule has 0 amide bonds. The lowest BCUT2D eigenvalue weighted by molar-refractivity contribution is -0.274. The van der Waals surface area contributed by atoms with Crippen molar-refractivity contribution >= 4 is 0 Å². The fourth-order valence-corrected chi connectivity index (χ4v) is 0.741. The van der Waals surface area contributed by atoms with E-state index in [-0.39, 0.29) is 11.3 Å². The summed E-state index contributed by atoms with van der Waals surface area (Å²) in [5, 5.41) is 8.99. The van der Waals surface area contributed by atoms with Gasteiger partial charge in [-0.2, -0.15) is 0 Å². The van der Waals surface area contributed by atoms with Crippen LogP contribution in [0.2, 0.25) is 0 Å². The van der Waals surface area contributed by atoms with E-state index in [0.717, 1.165) is 12.1 Å². The van der Waals surface area contributed by atoms with Crippen molar-refractivity contribution in [2.75, 3.05) is 0 Å². The van der Waals surface area contributed by atoms with Crippen molar-refractivity contribution in [3.05, 3.63) is 30.7 Å². The third-order valence-electron chi connectivity index (χ3n) is 1.29. The summed E-state index contributed by atoms with van der Waals surface area (Å²) >= 11 is 0. The van der Waals surface area contributed by atoms with Crippen molar-refractivity contribution in [2.45, 2.75) is 6.36 Å². The van der Waals surface area contributed by atoms with Gasteiger partial charge in [-0.25, -0.2) is 0 Å². The molecule has 0 unspecified atom stereocenters. The molecule has 0 aliphatic carbocycles. The van der Waals surface area contributed by atoms with Crippen LogP contribution in [0, 0.1) is 6.92 Å². The first-order valence-electron chi connectivity index (χ1n) is 3.29. The number of halogens is 3. The average molecular weight is 191 g/mol. The predicted octanol–water partition coefficient (Wildman–Crippen LogP) is 2.47. The van der Waals surface area contributed by atoms with Gasteiger partial charge in [0.05, 0.1) is 0 Å². The minimum absolute atomic E-state index is 0.245. The molecule has 0 saturated carbocycles. The molecule has 0 bridgehead atoms. The second-order valence-corrected chi connectivity index (χ2v) is 2.34. The maximum absolute atomic E-state index is 11.7. The van der Waals surface area contributed by atoms with Crippen LogP contribution in [0.1, 0.15) is 5.56 Å². The van der Waals surface area contributed by atoms with E-state index in [0.29, 0.717) is 0 Å². The van der Waals surface area contributed by atoms with Gasteiger partial charge < -0.3 is 9.84 Å².